The molecule has 0 aliphatic heterocycles. The summed E-state index contributed by atoms with van der Waals surface area (Å²) >= 11 is 4.66. The molecule has 0 aliphatic rings. The van der Waals surface area contributed by atoms with E-state index in [2.05, 4.69) is 12.6 Å². The summed E-state index contributed by atoms with van der Waals surface area (Å²) in [5.74, 6) is 0.769. The van der Waals surface area contributed by atoms with E-state index in [0.29, 0.717) is 0 Å². The van der Waals surface area contributed by atoms with E-state index >= 15 is 0 Å². The molecule has 0 aromatic carbocycles. The molecule has 0 aliphatic carbocycles. The van der Waals surface area contributed by atoms with Crippen LogP contribution in [0.4, 0.5) is 0 Å². The molecule has 0 rings (SSSR count). The highest BCUT2D eigenvalue weighted by atomic mass is 32.1. The van der Waals surface area contributed by atoms with Crippen LogP contribution in [-0.4, -0.2) is 17.0 Å². The molecule has 2 heteroatoms. The molecule has 0 saturated heterocycles. The quantitative estimate of drug-likeness (QED) is 0.594. The summed E-state index contributed by atoms with van der Waals surface area (Å²) in [5, 5.41) is 8.64. The van der Waals surface area contributed by atoms with Crippen LogP contribution in [0.2, 0.25) is 0 Å². The summed E-state index contributed by atoms with van der Waals surface area (Å²) in [6, 6.07) is 0. The van der Waals surface area contributed by atoms with Crippen molar-refractivity contribution in [3.8, 4) is 0 Å². The lowest BCUT2D eigenvalue weighted by atomic mass is 10.2. The number of hydrogen-bond donors (Lipinski definition) is 1. The molecular formula is C5H11OS. The van der Waals surface area contributed by atoms with Crippen LogP contribution in [0, 0.1) is 0 Å². The normalized spacial score (nSPS) is 14.1. The van der Waals surface area contributed by atoms with Crippen molar-refractivity contribution in [3.63, 3.8) is 0 Å². The molecule has 1 nitrogen and oxygen atoms in total. The fraction of sp³-hybridized carbons (Fsp3) is 1.00. The van der Waals surface area contributed by atoms with Gasteiger partial charge >= 0.3 is 0 Å². The predicted molar refractivity (Wildman–Crippen MR) is 33.4 cm³/mol. The van der Waals surface area contributed by atoms with Crippen molar-refractivity contribution in [3.05, 3.63) is 0 Å². The molecule has 0 aromatic rings. The van der Waals surface area contributed by atoms with Crippen molar-refractivity contribution >= 4 is 12.6 Å². The van der Waals surface area contributed by atoms with Crippen molar-refractivity contribution < 1.29 is 5.11 Å². The molecule has 0 amide bonds. The first-order chi connectivity index (χ1) is 3.27. The largest absolute Gasteiger partial charge is 0.393 e. The summed E-state index contributed by atoms with van der Waals surface area (Å²) in [6.07, 6.45) is 1.65. The minimum Gasteiger partial charge on any atom is -0.393 e. The number of aliphatic hydroxyl groups excluding tert-OH is 1. The van der Waals surface area contributed by atoms with Crippen molar-refractivity contribution in [1.82, 2.24) is 0 Å². The Bertz CT molecular complexity index is 37.1. The van der Waals surface area contributed by atoms with Gasteiger partial charge in [-0.3, -0.25) is 0 Å². The second-order valence-electron chi connectivity index (χ2n) is 1.70. The van der Waals surface area contributed by atoms with Gasteiger partial charge in [0.05, 0.1) is 6.10 Å². The third-order valence-electron chi connectivity index (χ3n) is 0.766. The topological polar surface area (TPSA) is 20.2 Å². The molecule has 1 atom stereocenters. The van der Waals surface area contributed by atoms with Gasteiger partial charge in [0.25, 0.3) is 0 Å². The Morgan fingerprint density at radius 2 is 2.29 bits per heavy atom. The lowest BCUT2D eigenvalue weighted by molar-refractivity contribution is 0.184. The lowest BCUT2D eigenvalue weighted by Gasteiger charge is -1.97. The van der Waals surface area contributed by atoms with Gasteiger partial charge in [0.15, 0.2) is 0 Å². The second-order valence-corrected chi connectivity index (χ2v) is 2.10. The minimum absolute atomic E-state index is 0.164. The van der Waals surface area contributed by atoms with Crippen molar-refractivity contribution in [2.45, 2.75) is 25.9 Å². The predicted octanol–water partition coefficient (Wildman–Crippen LogP) is 1.34. The van der Waals surface area contributed by atoms with E-state index in [9.17, 15) is 0 Å². The maximum Gasteiger partial charge on any atom is 0.0512 e. The smallest absolute Gasteiger partial charge is 0.0512 e. The number of rotatable bonds is 3. The lowest BCUT2D eigenvalue weighted by Crippen LogP contribution is -1.98. The molecular weight excluding hydrogens is 108 g/mol. The van der Waals surface area contributed by atoms with Gasteiger partial charge in [0.1, 0.15) is 0 Å². The maximum absolute atomic E-state index is 8.64. The van der Waals surface area contributed by atoms with Gasteiger partial charge in [-0.2, -0.15) is 0 Å². The Morgan fingerprint density at radius 3 is 2.43 bits per heavy atom. The second kappa shape index (κ2) is 4.47. The highest BCUT2D eigenvalue weighted by Crippen LogP contribution is 1.95. The van der Waals surface area contributed by atoms with Crippen LogP contribution in [0.3, 0.4) is 0 Å². The zero-order chi connectivity index (χ0) is 5.70. The number of hydrogen-bond acceptors (Lipinski definition) is 1. The van der Waals surface area contributed by atoms with Gasteiger partial charge in [0.2, 0.25) is 0 Å². The van der Waals surface area contributed by atoms with Crippen LogP contribution >= 0.6 is 12.6 Å². The molecule has 1 radical (unpaired) electrons. The zero-order valence-electron chi connectivity index (χ0n) is 4.55. The standard InChI is InChI=1S/C5H11OS/c1-5(6)3-2-4-7/h5-6H,2-4H2,1H3. The van der Waals surface area contributed by atoms with Gasteiger partial charge in [-0.25, -0.2) is 0 Å². The Hall–Kier alpha value is 0.310. The Kier molecular flexibility index (Phi) is 4.67. The van der Waals surface area contributed by atoms with Crippen LogP contribution < -0.4 is 0 Å². The molecule has 0 bridgehead atoms. The minimum atomic E-state index is -0.164. The Balaban J connectivity index is 2.68. The van der Waals surface area contributed by atoms with Crippen molar-refractivity contribution in [1.29, 1.82) is 0 Å². The molecule has 0 heterocycles. The van der Waals surface area contributed by atoms with E-state index in [1.807, 2.05) is 0 Å². The summed E-state index contributed by atoms with van der Waals surface area (Å²) in [4.78, 5) is 0. The van der Waals surface area contributed by atoms with Gasteiger partial charge in [-0.05, 0) is 19.8 Å². The van der Waals surface area contributed by atoms with E-state index in [0.717, 1.165) is 18.6 Å². The van der Waals surface area contributed by atoms with Gasteiger partial charge < -0.3 is 5.11 Å². The molecule has 0 spiro atoms. The summed E-state index contributed by atoms with van der Waals surface area (Å²) in [5.41, 5.74) is 0. The molecule has 0 saturated carbocycles. The van der Waals surface area contributed by atoms with E-state index in [1.54, 1.807) is 6.92 Å². The summed E-state index contributed by atoms with van der Waals surface area (Å²) < 4.78 is 0. The van der Waals surface area contributed by atoms with Crippen LogP contribution in [0.1, 0.15) is 19.8 Å². The summed E-state index contributed by atoms with van der Waals surface area (Å²) in [7, 11) is 0. The highest BCUT2D eigenvalue weighted by Gasteiger charge is 1.90. The van der Waals surface area contributed by atoms with Crippen LogP contribution in [-0.2, 0) is 0 Å². The third kappa shape index (κ3) is 6.31. The Morgan fingerprint density at radius 1 is 1.71 bits per heavy atom. The fourth-order valence-corrected chi connectivity index (χ4v) is 0.545. The monoisotopic (exact) mass is 119 g/mol. The molecule has 0 fully saturated rings. The van der Waals surface area contributed by atoms with E-state index in [-0.39, 0.29) is 6.10 Å². The summed E-state index contributed by atoms with van der Waals surface area (Å²) in [6.45, 7) is 1.78. The average Bonchev–Trinajstić information content (AvgIpc) is 1.61. The Labute approximate surface area is 50.1 Å². The number of aliphatic hydroxyl groups is 1. The SMILES string of the molecule is CC(O)CCC[S]. The first-order valence-electron chi connectivity index (χ1n) is 2.53. The molecule has 0 aromatic heterocycles. The van der Waals surface area contributed by atoms with Gasteiger partial charge in [0, 0.05) is 5.75 Å². The zero-order valence-corrected chi connectivity index (χ0v) is 5.37. The van der Waals surface area contributed by atoms with E-state index in [1.165, 1.54) is 0 Å². The molecule has 1 N–H and O–H groups in total. The van der Waals surface area contributed by atoms with Crippen LogP contribution in [0.25, 0.3) is 0 Å². The fourth-order valence-electron chi connectivity index (χ4n) is 0.379. The van der Waals surface area contributed by atoms with Crippen LogP contribution in [0.5, 0.6) is 0 Å². The average molecular weight is 119 g/mol. The first-order valence-corrected chi connectivity index (χ1v) is 3.11. The van der Waals surface area contributed by atoms with Gasteiger partial charge in [-0.1, -0.05) is 12.6 Å². The van der Waals surface area contributed by atoms with E-state index < -0.39 is 0 Å². The van der Waals surface area contributed by atoms with Crippen molar-refractivity contribution in [2.75, 3.05) is 5.75 Å². The third-order valence-corrected chi connectivity index (χ3v) is 1.05. The van der Waals surface area contributed by atoms with Crippen molar-refractivity contribution in [2.24, 2.45) is 0 Å². The maximum atomic E-state index is 8.64. The molecule has 43 valence electrons. The molecule has 7 heavy (non-hydrogen) atoms. The van der Waals surface area contributed by atoms with Gasteiger partial charge in [-0.15, -0.1) is 0 Å². The molecule has 1 unspecified atom stereocenters. The highest BCUT2D eigenvalue weighted by molar-refractivity contribution is 7.80. The first kappa shape index (κ1) is 7.31. The van der Waals surface area contributed by atoms with Crippen LogP contribution in [0.15, 0.2) is 0 Å². The van der Waals surface area contributed by atoms with E-state index in [4.69, 9.17) is 5.11 Å².